The Kier molecular flexibility index (Phi) is 6.36. The second-order valence-corrected chi connectivity index (χ2v) is 8.19. The lowest BCUT2D eigenvalue weighted by Gasteiger charge is -2.29. The number of methoxy groups -OCH3 is 1. The maximum absolute atomic E-state index is 13.1. The van der Waals surface area contributed by atoms with Crippen LogP contribution in [0.25, 0.3) is 11.3 Å². The van der Waals surface area contributed by atoms with Crippen molar-refractivity contribution in [2.75, 3.05) is 13.7 Å². The predicted molar refractivity (Wildman–Crippen MR) is 110 cm³/mol. The number of benzene rings is 1. The minimum absolute atomic E-state index is 0.0100. The quantitative estimate of drug-likeness (QED) is 0.710. The number of Topliss-reactive ketones (excluding diaryl/α,β-unsaturated/α-hetero) is 1. The minimum atomic E-state index is -0.795. The number of H-pyrrole nitrogens is 1. The maximum atomic E-state index is 13.1. The van der Waals surface area contributed by atoms with Crippen molar-refractivity contribution in [2.45, 2.75) is 32.4 Å². The number of carbonyl (C=O) groups excluding carboxylic acids is 3. The molecule has 0 saturated carbocycles. The van der Waals surface area contributed by atoms with Gasteiger partial charge in [-0.3, -0.25) is 9.59 Å². The summed E-state index contributed by atoms with van der Waals surface area (Å²) in [6.45, 7) is 3.64. The molecule has 2 atom stereocenters. The number of imidazole rings is 1. The molecule has 1 saturated heterocycles. The van der Waals surface area contributed by atoms with Gasteiger partial charge < -0.3 is 19.9 Å². The largest absolute Gasteiger partial charge is 0.453 e. The fourth-order valence-electron chi connectivity index (χ4n) is 3.33. The van der Waals surface area contributed by atoms with Crippen molar-refractivity contribution in [2.24, 2.45) is 5.92 Å². The molecule has 0 radical (unpaired) electrons. The van der Waals surface area contributed by atoms with E-state index >= 15 is 0 Å². The molecule has 1 unspecified atom stereocenters. The number of amides is 2. The van der Waals surface area contributed by atoms with E-state index in [-0.39, 0.29) is 30.6 Å². The number of ether oxygens (including phenoxy) is 1. The van der Waals surface area contributed by atoms with E-state index in [9.17, 15) is 14.4 Å². The molecule has 2 N–H and O–H groups in total. The van der Waals surface area contributed by atoms with Gasteiger partial charge in [-0.05, 0) is 23.6 Å². The molecule has 2 aromatic rings. The van der Waals surface area contributed by atoms with Gasteiger partial charge in [-0.2, -0.15) is 0 Å². The lowest BCUT2D eigenvalue weighted by molar-refractivity contribution is -0.136. The van der Waals surface area contributed by atoms with Crippen molar-refractivity contribution in [3.05, 3.63) is 40.8 Å². The minimum Gasteiger partial charge on any atom is -0.453 e. The molecule has 1 aromatic heterocycles. The van der Waals surface area contributed by atoms with Gasteiger partial charge in [0.1, 0.15) is 11.9 Å². The number of nitrogens with zero attached hydrogens (tertiary/aromatic N) is 2. The number of hydrogen-bond acceptors (Lipinski definition) is 5. The van der Waals surface area contributed by atoms with E-state index in [4.69, 9.17) is 0 Å². The van der Waals surface area contributed by atoms with Gasteiger partial charge in [0.2, 0.25) is 5.91 Å². The smallest absolute Gasteiger partial charge is 0.407 e. The van der Waals surface area contributed by atoms with Crippen LogP contribution in [0.2, 0.25) is 0 Å². The van der Waals surface area contributed by atoms with Crippen LogP contribution >= 0.6 is 15.9 Å². The van der Waals surface area contributed by atoms with Crippen LogP contribution in [0.5, 0.6) is 0 Å². The third-order valence-corrected chi connectivity index (χ3v) is 5.41. The summed E-state index contributed by atoms with van der Waals surface area (Å²) < 4.78 is 5.60. The second-order valence-electron chi connectivity index (χ2n) is 7.27. The molecule has 9 heteroatoms. The van der Waals surface area contributed by atoms with E-state index in [2.05, 4.69) is 36.0 Å². The van der Waals surface area contributed by atoms with Crippen molar-refractivity contribution in [1.82, 2.24) is 20.2 Å². The third-order valence-electron chi connectivity index (χ3n) is 4.88. The van der Waals surface area contributed by atoms with Gasteiger partial charge in [0.25, 0.3) is 0 Å². The lowest BCUT2D eigenvalue weighted by Crippen LogP contribution is -2.51. The van der Waals surface area contributed by atoms with Crippen LogP contribution in [0.15, 0.2) is 34.9 Å². The number of halogens is 1. The summed E-state index contributed by atoms with van der Waals surface area (Å²) in [6.07, 6.45) is 1.19. The van der Waals surface area contributed by atoms with Crippen LogP contribution in [0.3, 0.4) is 0 Å². The van der Waals surface area contributed by atoms with Crippen LogP contribution in [-0.2, 0) is 14.3 Å². The number of aromatic nitrogens is 2. The number of rotatable bonds is 5. The molecule has 1 fully saturated rings. The zero-order valence-corrected chi connectivity index (χ0v) is 18.0. The fourth-order valence-corrected chi connectivity index (χ4v) is 3.59. The lowest BCUT2D eigenvalue weighted by atomic mass is 10.0. The van der Waals surface area contributed by atoms with E-state index in [1.807, 2.05) is 38.1 Å². The fraction of sp³-hybridized carbons (Fsp3) is 0.400. The Bertz CT molecular complexity index is 909. The van der Waals surface area contributed by atoms with Crippen LogP contribution in [0.4, 0.5) is 4.79 Å². The standard InChI is InChI=1S/C20H23BrN4O4/c1-11(2)17(24-20(28)29-3)19(27)25-10-14(26)8-16(25)18-22-9-15(23-18)12-4-6-13(21)7-5-12/h4-7,9,11,16-17H,8,10H2,1-3H3,(H,22,23)(H,24,28)/t16?,17-/m0/s1. The number of nitrogens with one attached hydrogen (secondary N) is 2. The van der Waals surface area contributed by atoms with Gasteiger partial charge in [-0.25, -0.2) is 9.78 Å². The maximum Gasteiger partial charge on any atom is 0.407 e. The first-order valence-electron chi connectivity index (χ1n) is 9.27. The first kappa shape index (κ1) is 21.0. The Labute approximate surface area is 177 Å². The van der Waals surface area contributed by atoms with Crippen molar-refractivity contribution in [3.8, 4) is 11.3 Å². The molecule has 1 aliphatic heterocycles. The summed E-state index contributed by atoms with van der Waals surface area (Å²) in [7, 11) is 1.24. The first-order valence-corrected chi connectivity index (χ1v) is 10.1. The van der Waals surface area contributed by atoms with Crippen LogP contribution in [0, 0.1) is 5.92 Å². The average Bonchev–Trinajstić information content (AvgIpc) is 3.32. The van der Waals surface area contributed by atoms with Gasteiger partial charge in [0.05, 0.1) is 31.6 Å². The van der Waals surface area contributed by atoms with E-state index in [1.54, 1.807) is 6.20 Å². The molecule has 29 heavy (non-hydrogen) atoms. The van der Waals surface area contributed by atoms with Crippen molar-refractivity contribution in [3.63, 3.8) is 0 Å². The second kappa shape index (κ2) is 8.77. The molecule has 2 heterocycles. The highest BCUT2D eigenvalue weighted by Crippen LogP contribution is 2.31. The van der Waals surface area contributed by atoms with Gasteiger partial charge in [-0.15, -0.1) is 0 Å². The van der Waals surface area contributed by atoms with Gasteiger partial charge in [0, 0.05) is 10.9 Å². The number of hydrogen-bond donors (Lipinski definition) is 2. The Morgan fingerprint density at radius 2 is 2.00 bits per heavy atom. The van der Waals surface area contributed by atoms with Gasteiger partial charge in [-0.1, -0.05) is 41.9 Å². The summed E-state index contributed by atoms with van der Waals surface area (Å²) in [5, 5.41) is 2.57. The van der Waals surface area contributed by atoms with Crippen LogP contribution in [0.1, 0.15) is 32.1 Å². The summed E-state index contributed by atoms with van der Waals surface area (Å²) in [5.74, 6) is -0.0102. The Hall–Kier alpha value is -2.68. The number of carbonyl (C=O) groups is 3. The number of ketones is 1. The summed E-state index contributed by atoms with van der Waals surface area (Å²) in [4.78, 5) is 46.1. The zero-order valence-electron chi connectivity index (χ0n) is 16.4. The summed E-state index contributed by atoms with van der Waals surface area (Å²) >= 11 is 3.41. The molecule has 154 valence electrons. The molecule has 2 amide bonds. The highest BCUT2D eigenvalue weighted by molar-refractivity contribution is 9.10. The number of alkyl carbamates (subject to hydrolysis) is 1. The van der Waals surface area contributed by atoms with Crippen LogP contribution < -0.4 is 5.32 Å². The zero-order chi connectivity index (χ0) is 21.1. The van der Waals surface area contributed by atoms with Crippen molar-refractivity contribution < 1.29 is 19.1 Å². The highest BCUT2D eigenvalue weighted by Gasteiger charge is 2.40. The molecular weight excluding hydrogens is 440 g/mol. The number of aromatic amines is 1. The average molecular weight is 463 g/mol. The van der Waals surface area contributed by atoms with E-state index in [0.717, 1.165) is 15.7 Å². The Balaban J connectivity index is 1.84. The van der Waals surface area contributed by atoms with Crippen molar-refractivity contribution in [1.29, 1.82) is 0 Å². The SMILES string of the molecule is COC(=O)N[C@H](C(=O)N1CC(=O)CC1c1ncc(-c2ccc(Br)cc2)[nH]1)C(C)C. The van der Waals surface area contributed by atoms with E-state index < -0.39 is 18.2 Å². The van der Waals surface area contributed by atoms with Gasteiger partial charge >= 0.3 is 6.09 Å². The third kappa shape index (κ3) is 4.67. The molecule has 0 spiro atoms. The topological polar surface area (TPSA) is 104 Å². The highest BCUT2D eigenvalue weighted by atomic mass is 79.9. The summed E-state index contributed by atoms with van der Waals surface area (Å²) in [6, 6.07) is 6.45. The predicted octanol–water partition coefficient (Wildman–Crippen LogP) is 3.06. The number of likely N-dealkylation sites (tertiary alicyclic amines) is 1. The monoisotopic (exact) mass is 462 g/mol. The van der Waals surface area contributed by atoms with E-state index in [1.165, 1.54) is 12.0 Å². The van der Waals surface area contributed by atoms with Gasteiger partial charge in [0.15, 0.2) is 5.78 Å². The Morgan fingerprint density at radius 1 is 1.31 bits per heavy atom. The molecule has 1 aliphatic rings. The molecular formula is C20H23BrN4O4. The van der Waals surface area contributed by atoms with E-state index in [0.29, 0.717) is 5.82 Å². The van der Waals surface area contributed by atoms with Crippen molar-refractivity contribution >= 4 is 33.7 Å². The van der Waals surface area contributed by atoms with Crippen LogP contribution in [-0.4, -0.2) is 52.3 Å². The first-order chi connectivity index (χ1) is 13.8. The Morgan fingerprint density at radius 3 is 2.62 bits per heavy atom. The normalized spacial score (nSPS) is 17.5. The molecule has 8 nitrogen and oxygen atoms in total. The molecule has 1 aromatic carbocycles. The molecule has 3 rings (SSSR count). The molecule has 0 bridgehead atoms. The molecule has 0 aliphatic carbocycles. The summed E-state index contributed by atoms with van der Waals surface area (Å²) in [5.41, 5.74) is 1.74.